The molecule has 0 saturated carbocycles. The highest BCUT2D eigenvalue weighted by Crippen LogP contribution is 2.37. The van der Waals surface area contributed by atoms with Gasteiger partial charge in [-0.05, 0) is 90.0 Å². The number of unbranched alkanes of at least 4 members (excludes halogenated alkanes) is 9. The number of aromatic hydroxyl groups is 3. The fraction of sp³-hybridized carbons (Fsp3) is 0.412. The van der Waals surface area contributed by atoms with Gasteiger partial charge in [0.1, 0.15) is 17.2 Å². The first-order valence-electron chi connectivity index (χ1n) is 14.6. The molecule has 0 heterocycles. The Morgan fingerprint density at radius 1 is 0.487 bits per heavy atom. The van der Waals surface area contributed by atoms with E-state index < -0.39 is 0 Å². The Labute approximate surface area is 234 Å². The summed E-state index contributed by atoms with van der Waals surface area (Å²) in [4.78, 5) is 0. The van der Waals surface area contributed by atoms with E-state index in [2.05, 4.69) is 5.32 Å². The van der Waals surface area contributed by atoms with Gasteiger partial charge in [-0.2, -0.15) is 0 Å². The Morgan fingerprint density at radius 2 is 0.872 bits per heavy atom. The lowest BCUT2D eigenvalue weighted by atomic mass is 9.86. The summed E-state index contributed by atoms with van der Waals surface area (Å²) in [5, 5.41) is 33.0. The van der Waals surface area contributed by atoms with Gasteiger partial charge in [0.05, 0.1) is 0 Å². The van der Waals surface area contributed by atoms with Gasteiger partial charge in [-0.1, -0.05) is 87.8 Å². The number of benzene rings is 3. The van der Waals surface area contributed by atoms with Crippen LogP contribution in [-0.4, -0.2) is 35.0 Å². The molecule has 0 unspecified atom stereocenters. The quantitative estimate of drug-likeness (QED) is 0.0861. The minimum Gasteiger partial charge on any atom is -0.508 e. The molecule has 3 aromatic rings. The maximum Gasteiger partial charge on any atom is 0.115 e. The second kappa shape index (κ2) is 17.3. The summed E-state index contributed by atoms with van der Waals surface area (Å²) in [7, 11) is 0. The fourth-order valence-corrected chi connectivity index (χ4v) is 5.04. The van der Waals surface area contributed by atoms with E-state index in [9.17, 15) is 15.3 Å². The number of nitrogens with one attached hydrogen (secondary N) is 1. The lowest BCUT2D eigenvalue weighted by Crippen LogP contribution is -2.23. The van der Waals surface area contributed by atoms with E-state index >= 15 is 0 Å². The van der Waals surface area contributed by atoms with E-state index in [0.717, 1.165) is 48.2 Å². The smallest absolute Gasteiger partial charge is 0.115 e. The molecular weight excluding hydrogens is 484 g/mol. The number of phenols is 3. The van der Waals surface area contributed by atoms with E-state index in [1.807, 2.05) is 36.4 Å². The first-order valence-corrected chi connectivity index (χ1v) is 14.6. The van der Waals surface area contributed by atoms with E-state index in [1.165, 1.54) is 63.4 Å². The van der Waals surface area contributed by atoms with Crippen LogP contribution in [0.3, 0.4) is 0 Å². The average Bonchev–Trinajstić information content (AvgIpc) is 2.95. The van der Waals surface area contributed by atoms with Crippen molar-refractivity contribution in [3.8, 4) is 17.2 Å². The van der Waals surface area contributed by atoms with Gasteiger partial charge in [-0.3, -0.25) is 0 Å². The monoisotopic (exact) mass is 530 g/mol. The van der Waals surface area contributed by atoms with E-state index in [4.69, 9.17) is 5.73 Å². The molecule has 210 valence electrons. The molecule has 6 N–H and O–H groups in total. The molecule has 0 aliphatic carbocycles. The topological polar surface area (TPSA) is 98.7 Å². The van der Waals surface area contributed by atoms with Crippen LogP contribution < -0.4 is 11.1 Å². The van der Waals surface area contributed by atoms with Crippen molar-refractivity contribution in [3.05, 3.63) is 89.5 Å². The molecule has 0 bridgehead atoms. The predicted molar refractivity (Wildman–Crippen MR) is 163 cm³/mol. The van der Waals surface area contributed by atoms with Gasteiger partial charge >= 0.3 is 0 Å². The molecule has 0 atom stereocenters. The molecule has 0 amide bonds. The Bertz CT molecular complexity index is 1060. The van der Waals surface area contributed by atoms with Crippen molar-refractivity contribution in [3.63, 3.8) is 0 Å². The van der Waals surface area contributed by atoms with Crippen molar-refractivity contribution >= 4 is 11.1 Å². The molecule has 5 nitrogen and oxygen atoms in total. The second-order valence-electron chi connectivity index (χ2n) is 10.3. The highest BCUT2D eigenvalue weighted by Gasteiger charge is 2.15. The predicted octanol–water partition coefficient (Wildman–Crippen LogP) is 7.60. The van der Waals surface area contributed by atoms with E-state index in [-0.39, 0.29) is 17.2 Å². The first kappa shape index (κ1) is 30.3. The number of hydrogen-bond acceptors (Lipinski definition) is 5. The molecular formula is C34H46N2O3. The summed E-state index contributed by atoms with van der Waals surface area (Å²) in [6.45, 7) is 2.71. The van der Waals surface area contributed by atoms with E-state index in [0.29, 0.717) is 6.54 Å². The van der Waals surface area contributed by atoms with Crippen LogP contribution in [0.4, 0.5) is 0 Å². The molecule has 0 aliphatic heterocycles. The van der Waals surface area contributed by atoms with Crippen LogP contribution in [0.25, 0.3) is 11.1 Å². The van der Waals surface area contributed by atoms with Gasteiger partial charge in [0, 0.05) is 13.1 Å². The van der Waals surface area contributed by atoms with Crippen LogP contribution in [0.1, 0.15) is 87.3 Å². The van der Waals surface area contributed by atoms with Crippen molar-refractivity contribution in [2.75, 3.05) is 19.6 Å². The molecule has 0 spiro atoms. The zero-order valence-corrected chi connectivity index (χ0v) is 23.2. The van der Waals surface area contributed by atoms with Crippen LogP contribution in [0.5, 0.6) is 17.2 Å². The maximum atomic E-state index is 9.90. The van der Waals surface area contributed by atoms with Crippen LogP contribution in [-0.2, 0) is 0 Å². The van der Waals surface area contributed by atoms with Crippen molar-refractivity contribution in [2.24, 2.45) is 5.73 Å². The minimum atomic E-state index is 0.231. The van der Waals surface area contributed by atoms with Crippen molar-refractivity contribution in [2.45, 2.75) is 70.6 Å². The number of phenolic OH excluding ortho intramolecular Hbond substituents is 3. The second-order valence-corrected chi connectivity index (χ2v) is 10.3. The summed E-state index contributed by atoms with van der Waals surface area (Å²) < 4.78 is 0. The molecule has 0 aromatic heterocycles. The van der Waals surface area contributed by atoms with E-state index in [1.54, 1.807) is 36.4 Å². The summed E-state index contributed by atoms with van der Waals surface area (Å²) >= 11 is 0. The fourth-order valence-electron chi connectivity index (χ4n) is 5.04. The largest absolute Gasteiger partial charge is 0.508 e. The highest BCUT2D eigenvalue weighted by atomic mass is 16.3. The number of hydrogen-bond donors (Lipinski definition) is 5. The number of allylic oxidation sites excluding steroid dienone is 1. The number of nitrogens with two attached hydrogens (primary N) is 1. The molecule has 0 fully saturated rings. The number of rotatable bonds is 18. The molecule has 39 heavy (non-hydrogen) atoms. The standard InChI is InChI=1S/C34H46N2O3/c35-24-26-36-25-10-8-6-4-2-1-3-5-7-9-11-33(27-12-18-30(37)19-13-27)34(28-14-20-31(38)21-15-28)29-16-22-32(39)23-17-29/h12-23,36-39H,1-11,24-26,35H2. The van der Waals surface area contributed by atoms with Gasteiger partial charge in [-0.15, -0.1) is 0 Å². The van der Waals surface area contributed by atoms with Gasteiger partial charge in [0.2, 0.25) is 0 Å². The molecule has 0 saturated heterocycles. The Morgan fingerprint density at radius 3 is 1.31 bits per heavy atom. The molecule has 3 aromatic carbocycles. The Balaban J connectivity index is 1.60. The third-order valence-corrected chi connectivity index (χ3v) is 7.18. The normalized spacial score (nSPS) is 11.0. The summed E-state index contributed by atoms with van der Waals surface area (Å²) in [5.41, 5.74) is 10.9. The molecule has 0 radical (unpaired) electrons. The van der Waals surface area contributed by atoms with Gasteiger partial charge in [0.25, 0.3) is 0 Å². The average molecular weight is 531 g/mol. The zero-order valence-electron chi connectivity index (χ0n) is 23.2. The van der Waals surface area contributed by atoms with Crippen LogP contribution >= 0.6 is 0 Å². The lowest BCUT2D eigenvalue weighted by molar-refractivity contribution is 0.474. The van der Waals surface area contributed by atoms with Crippen molar-refractivity contribution < 1.29 is 15.3 Å². The van der Waals surface area contributed by atoms with Crippen molar-refractivity contribution in [1.82, 2.24) is 5.32 Å². The third kappa shape index (κ3) is 10.8. The SMILES string of the molecule is NCCNCCCCCCCCCCCCC(=C(c1ccc(O)cc1)c1ccc(O)cc1)c1ccc(O)cc1. The van der Waals surface area contributed by atoms with Crippen LogP contribution in [0.2, 0.25) is 0 Å². The Hall–Kier alpha value is -3.28. The molecule has 3 rings (SSSR count). The summed E-state index contributed by atoms with van der Waals surface area (Å²) in [6.07, 6.45) is 13.5. The lowest BCUT2D eigenvalue weighted by Gasteiger charge is -2.18. The highest BCUT2D eigenvalue weighted by molar-refractivity contribution is 5.98. The summed E-state index contributed by atoms with van der Waals surface area (Å²) in [6, 6.07) is 22.0. The van der Waals surface area contributed by atoms with Crippen LogP contribution in [0.15, 0.2) is 72.8 Å². The molecule has 5 heteroatoms. The van der Waals surface area contributed by atoms with Gasteiger partial charge in [0.15, 0.2) is 0 Å². The minimum absolute atomic E-state index is 0.231. The first-order chi connectivity index (χ1) is 19.1. The van der Waals surface area contributed by atoms with Gasteiger partial charge in [-0.25, -0.2) is 0 Å². The maximum absolute atomic E-state index is 9.90. The molecule has 0 aliphatic rings. The third-order valence-electron chi connectivity index (χ3n) is 7.18. The van der Waals surface area contributed by atoms with Crippen molar-refractivity contribution in [1.29, 1.82) is 0 Å². The van der Waals surface area contributed by atoms with Crippen LogP contribution in [0, 0.1) is 0 Å². The summed E-state index contributed by atoms with van der Waals surface area (Å²) in [5.74, 6) is 0.709. The van der Waals surface area contributed by atoms with Gasteiger partial charge < -0.3 is 26.4 Å². The zero-order chi connectivity index (χ0) is 27.7. The Kier molecular flexibility index (Phi) is 13.5.